The van der Waals surface area contributed by atoms with E-state index in [-0.39, 0.29) is 5.97 Å². The Balaban J connectivity index is 3.74. The number of ether oxygens (including phenoxy) is 1. The molecule has 1 atom stereocenters. The molecular formula is C11H18O3. The zero-order valence-corrected chi connectivity index (χ0v) is 8.77. The van der Waals surface area contributed by atoms with Gasteiger partial charge >= 0.3 is 5.97 Å². The Morgan fingerprint density at radius 2 is 2.14 bits per heavy atom. The number of allylic oxidation sites excluding steroid dienone is 2. The van der Waals surface area contributed by atoms with Crippen molar-refractivity contribution in [3.8, 4) is 0 Å². The number of hydrogen-bond donors (Lipinski definition) is 1. The van der Waals surface area contributed by atoms with E-state index in [0.29, 0.717) is 6.61 Å². The highest BCUT2D eigenvalue weighted by atomic mass is 16.5. The lowest BCUT2D eigenvalue weighted by molar-refractivity contribution is -0.137. The van der Waals surface area contributed by atoms with Crippen molar-refractivity contribution in [3.05, 3.63) is 24.3 Å². The number of rotatable bonds is 6. The molecule has 14 heavy (non-hydrogen) atoms. The molecule has 80 valence electrons. The Bertz CT molecular complexity index is 207. The Kier molecular flexibility index (Phi) is 7.84. The van der Waals surface area contributed by atoms with Gasteiger partial charge in [0.25, 0.3) is 0 Å². The molecule has 0 radical (unpaired) electrons. The van der Waals surface area contributed by atoms with Crippen molar-refractivity contribution in [3.63, 3.8) is 0 Å². The second-order valence-corrected chi connectivity index (χ2v) is 2.85. The van der Waals surface area contributed by atoms with Crippen LogP contribution in [0.4, 0.5) is 0 Å². The summed E-state index contributed by atoms with van der Waals surface area (Å²) < 4.78 is 4.67. The van der Waals surface area contributed by atoms with Crippen molar-refractivity contribution in [2.75, 3.05) is 6.61 Å². The average Bonchev–Trinajstić information content (AvgIpc) is 2.13. The maximum Gasteiger partial charge on any atom is 0.330 e. The molecule has 0 heterocycles. The van der Waals surface area contributed by atoms with Crippen LogP contribution in [-0.4, -0.2) is 23.8 Å². The van der Waals surface area contributed by atoms with E-state index >= 15 is 0 Å². The van der Waals surface area contributed by atoms with Crippen LogP contribution in [0.1, 0.15) is 26.7 Å². The van der Waals surface area contributed by atoms with Crippen molar-refractivity contribution < 1.29 is 14.6 Å². The Morgan fingerprint density at radius 1 is 1.43 bits per heavy atom. The third-order valence-corrected chi connectivity index (χ3v) is 1.55. The zero-order valence-electron chi connectivity index (χ0n) is 8.77. The molecule has 0 aliphatic heterocycles. The monoisotopic (exact) mass is 198 g/mol. The number of carbonyl (C=O) groups excluding carboxylic acids is 1. The molecule has 3 nitrogen and oxygen atoms in total. The smallest absolute Gasteiger partial charge is 0.330 e. The summed E-state index contributed by atoms with van der Waals surface area (Å²) in [5.74, 6) is -0.359. The van der Waals surface area contributed by atoms with Crippen LogP contribution in [0.2, 0.25) is 0 Å². The average molecular weight is 198 g/mol. The van der Waals surface area contributed by atoms with Gasteiger partial charge in [0.2, 0.25) is 0 Å². The summed E-state index contributed by atoms with van der Waals surface area (Å²) in [7, 11) is 0. The second kappa shape index (κ2) is 8.51. The lowest BCUT2D eigenvalue weighted by Gasteiger charge is -1.99. The summed E-state index contributed by atoms with van der Waals surface area (Å²) in [6.45, 7) is 4.14. The highest BCUT2D eigenvalue weighted by Gasteiger charge is 1.94. The Hall–Kier alpha value is -1.09. The topological polar surface area (TPSA) is 46.5 Å². The van der Waals surface area contributed by atoms with E-state index in [1.807, 2.05) is 6.92 Å². The maximum absolute atomic E-state index is 10.8. The minimum atomic E-state index is -0.424. The standard InChI is InChI=1S/C11H18O3/c1-3-7-10(12)8-5-6-9-11(13)14-4-2/h5-6,8-10,12H,3-4,7H2,1-2H3/b8-5+,9-6+. The molecule has 0 saturated carbocycles. The molecule has 1 unspecified atom stereocenters. The van der Waals surface area contributed by atoms with Crippen molar-refractivity contribution in [1.82, 2.24) is 0 Å². The quantitative estimate of drug-likeness (QED) is 0.402. The molecule has 0 spiro atoms. The summed E-state index contributed by atoms with van der Waals surface area (Å²) in [5, 5.41) is 9.28. The van der Waals surface area contributed by atoms with Gasteiger partial charge in [-0.2, -0.15) is 0 Å². The molecule has 0 rings (SSSR count). The minimum absolute atomic E-state index is 0.359. The molecule has 1 N–H and O–H groups in total. The first-order valence-electron chi connectivity index (χ1n) is 4.90. The summed E-state index contributed by atoms with van der Waals surface area (Å²) in [6.07, 6.45) is 7.45. The fourth-order valence-corrected chi connectivity index (χ4v) is 0.909. The molecule has 0 bridgehead atoms. The third kappa shape index (κ3) is 7.55. The highest BCUT2D eigenvalue weighted by molar-refractivity contribution is 5.82. The molecule has 0 fully saturated rings. The first-order valence-corrected chi connectivity index (χ1v) is 4.90. The van der Waals surface area contributed by atoms with Gasteiger partial charge in [-0.05, 0) is 13.3 Å². The zero-order chi connectivity index (χ0) is 10.8. The SMILES string of the molecule is CCCC(O)/C=C/C=C/C(=O)OCC. The molecule has 0 aromatic carbocycles. The molecule has 0 aromatic heterocycles. The number of aliphatic hydroxyl groups is 1. The van der Waals surface area contributed by atoms with Crippen molar-refractivity contribution in [2.45, 2.75) is 32.8 Å². The number of hydrogen-bond acceptors (Lipinski definition) is 3. The van der Waals surface area contributed by atoms with Crippen LogP contribution in [0.5, 0.6) is 0 Å². The predicted molar refractivity (Wildman–Crippen MR) is 55.8 cm³/mol. The van der Waals surface area contributed by atoms with Gasteiger partial charge in [0.15, 0.2) is 0 Å². The van der Waals surface area contributed by atoms with Crippen molar-refractivity contribution in [2.24, 2.45) is 0 Å². The van der Waals surface area contributed by atoms with Crippen LogP contribution < -0.4 is 0 Å². The van der Waals surface area contributed by atoms with E-state index in [1.165, 1.54) is 6.08 Å². The van der Waals surface area contributed by atoms with Crippen LogP contribution in [0, 0.1) is 0 Å². The van der Waals surface area contributed by atoms with E-state index in [9.17, 15) is 9.90 Å². The second-order valence-electron chi connectivity index (χ2n) is 2.85. The van der Waals surface area contributed by atoms with Gasteiger partial charge in [0.1, 0.15) is 0 Å². The summed E-state index contributed by atoms with van der Waals surface area (Å²) >= 11 is 0. The van der Waals surface area contributed by atoms with Crippen molar-refractivity contribution in [1.29, 1.82) is 0 Å². The maximum atomic E-state index is 10.8. The van der Waals surface area contributed by atoms with Gasteiger partial charge in [-0.25, -0.2) is 4.79 Å². The van der Waals surface area contributed by atoms with Gasteiger partial charge in [0, 0.05) is 6.08 Å². The Labute approximate surface area is 85.1 Å². The van der Waals surface area contributed by atoms with E-state index in [1.54, 1.807) is 25.2 Å². The number of aliphatic hydroxyl groups excluding tert-OH is 1. The molecule has 0 aromatic rings. The summed E-state index contributed by atoms with van der Waals surface area (Å²) in [6, 6.07) is 0. The highest BCUT2D eigenvalue weighted by Crippen LogP contribution is 1.97. The van der Waals surface area contributed by atoms with Gasteiger partial charge in [0.05, 0.1) is 12.7 Å². The fourth-order valence-electron chi connectivity index (χ4n) is 0.909. The normalized spacial score (nSPS) is 13.6. The van der Waals surface area contributed by atoms with Gasteiger partial charge in [-0.15, -0.1) is 0 Å². The molecule has 3 heteroatoms. The minimum Gasteiger partial charge on any atom is -0.463 e. The van der Waals surface area contributed by atoms with Crippen LogP contribution in [-0.2, 0) is 9.53 Å². The number of esters is 1. The lowest BCUT2D eigenvalue weighted by Crippen LogP contribution is -2.00. The van der Waals surface area contributed by atoms with E-state index in [0.717, 1.165) is 12.8 Å². The first kappa shape index (κ1) is 12.9. The fraction of sp³-hybridized carbons (Fsp3) is 0.545. The van der Waals surface area contributed by atoms with Gasteiger partial charge < -0.3 is 9.84 Å². The lowest BCUT2D eigenvalue weighted by atomic mass is 10.2. The summed E-state index contributed by atoms with van der Waals surface area (Å²) in [4.78, 5) is 10.8. The Morgan fingerprint density at radius 3 is 2.71 bits per heavy atom. The molecular weight excluding hydrogens is 180 g/mol. The third-order valence-electron chi connectivity index (χ3n) is 1.55. The van der Waals surface area contributed by atoms with Crippen LogP contribution in [0.15, 0.2) is 24.3 Å². The number of carbonyl (C=O) groups is 1. The van der Waals surface area contributed by atoms with E-state index in [2.05, 4.69) is 4.74 Å². The van der Waals surface area contributed by atoms with E-state index in [4.69, 9.17) is 0 Å². The van der Waals surface area contributed by atoms with Crippen LogP contribution in [0.25, 0.3) is 0 Å². The summed E-state index contributed by atoms with van der Waals surface area (Å²) in [5.41, 5.74) is 0. The van der Waals surface area contributed by atoms with Crippen LogP contribution in [0.3, 0.4) is 0 Å². The van der Waals surface area contributed by atoms with Crippen LogP contribution >= 0.6 is 0 Å². The van der Waals surface area contributed by atoms with E-state index < -0.39 is 6.10 Å². The predicted octanol–water partition coefficient (Wildman–Crippen LogP) is 1.82. The van der Waals surface area contributed by atoms with Gasteiger partial charge in [-0.3, -0.25) is 0 Å². The molecule has 0 aliphatic carbocycles. The van der Waals surface area contributed by atoms with Crippen molar-refractivity contribution >= 4 is 5.97 Å². The molecule has 0 saturated heterocycles. The largest absolute Gasteiger partial charge is 0.463 e. The molecule has 0 amide bonds. The first-order chi connectivity index (χ1) is 6.70. The molecule has 0 aliphatic rings. The van der Waals surface area contributed by atoms with Gasteiger partial charge in [-0.1, -0.05) is 31.6 Å².